The zero-order valence-corrected chi connectivity index (χ0v) is 28.4. The van der Waals surface area contributed by atoms with Gasteiger partial charge in [0.15, 0.2) is 11.6 Å². The van der Waals surface area contributed by atoms with Gasteiger partial charge in [-0.1, -0.05) is 120 Å². The summed E-state index contributed by atoms with van der Waals surface area (Å²) in [6.45, 7) is 12.7. The van der Waals surface area contributed by atoms with Gasteiger partial charge in [0, 0.05) is 27.8 Å². The molecule has 1 aliphatic heterocycles. The molecule has 0 N–H and O–H groups in total. The number of hydrogen-bond acceptors (Lipinski definition) is 2. The highest BCUT2D eigenvalue weighted by atomic mass is 32.1. The van der Waals surface area contributed by atoms with Gasteiger partial charge in [0.05, 0.1) is 10.6 Å². The van der Waals surface area contributed by atoms with Crippen LogP contribution in [-0.4, -0.2) is 5.84 Å². The number of thiophene rings is 1. The van der Waals surface area contributed by atoms with Crippen LogP contribution in [-0.2, 0) is 15.9 Å². The highest BCUT2D eigenvalue weighted by molar-refractivity contribution is 7.11. The van der Waals surface area contributed by atoms with Crippen molar-refractivity contribution in [3.8, 4) is 16.9 Å². The molecule has 0 aliphatic carbocycles. The maximum atomic E-state index is 13.8. The second-order valence-corrected chi connectivity index (χ2v) is 15.6. The van der Waals surface area contributed by atoms with E-state index in [0.717, 1.165) is 60.9 Å². The Kier molecular flexibility index (Phi) is 6.61. The first kappa shape index (κ1) is 29.5. The Morgan fingerprint density at radius 1 is 0.574 bits per heavy atom. The van der Waals surface area contributed by atoms with Crippen molar-refractivity contribution >= 4 is 60.9 Å². The van der Waals surface area contributed by atoms with Crippen LogP contribution >= 0.6 is 11.3 Å². The first-order valence-corrected chi connectivity index (χ1v) is 17.1. The summed E-state index contributed by atoms with van der Waals surface area (Å²) >= 11 is 1.68. The van der Waals surface area contributed by atoms with Crippen LogP contribution in [0.5, 0.6) is 5.75 Å². The zero-order valence-electron chi connectivity index (χ0n) is 27.6. The molecule has 6 aromatic carbocycles. The summed E-state index contributed by atoms with van der Waals surface area (Å²) in [5.41, 5.74) is 6.99. The van der Waals surface area contributed by atoms with Gasteiger partial charge in [-0.15, -0.1) is 11.3 Å². The summed E-state index contributed by atoms with van der Waals surface area (Å²) in [4.78, 5) is 6.42. The Hall–Kier alpha value is -4.93. The largest absolute Gasteiger partial charge is 0.289 e. The zero-order chi connectivity index (χ0) is 32.7. The Morgan fingerprint density at radius 2 is 1.19 bits per heavy atom. The van der Waals surface area contributed by atoms with Gasteiger partial charge in [0.25, 0.3) is 0 Å². The molecule has 0 fully saturated rings. The SMILES string of the molecule is CC(C)(C)c1cc(-c2ccsc2C2=C(c3ccccc3)[N]C(c3ccc4ccc5cccc6ccc3c4c56)=N2)cc(C(C)(C)C)c1[O]. The van der Waals surface area contributed by atoms with Gasteiger partial charge >= 0.3 is 0 Å². The topological polar surface area (TPSA) is 46.4 Å². The van der Waals surface area contributed by atoms with Gasteiger partial charge in [-0.3, -0.25) is 5.11 Å². The number of aliphatic imine (C=N–C) groups is 1. The van der Waals surface area contributed by atoms with Crippen LogP contribution < -0.4 is 5.32 Å². The third-order valence-electron chi connectivity index (χ3n) is 9.37. The molecular weight excluding hydrogens is 593 g/mol. The van der Waals surface area contributed by atoms with E-state index in [4.69, 9.17) is 10.3 Å². The Morgan fingerprint density at radius 3 is 1.85 bits per heavy atom. The molecule has 0 bridgehead atoms. The maximum Gasteiger partial charge on any atom is 0.186 e. The highest BCUT2D eigenvalue weighted by Gasteiger charge is 2.31. The molecule has 47 heavy (non-hydrogen) atoms. The van der Waals surface area contributed by atoms with Gasteiger partial charge < -0.3 is 0 Å². The van der Waals surface area contributed by atoms with Crippen LogP contribution in [0.2, 0.25) is 0 Å². The predicted octanol–water partition coefficient (Wildman–Crippen LogP) is 11.9. The van der Waals surface area contributed by atoms with Crippen molar-refractivity contribution in [2.45, 2.75) is 52.4 Å². The van der Waals surface area contributed by atoms with E-state index in [-0.39, 0.29) is 16.6 Å². The van der Waals surface area contributed by atoms with Gasteiger partial charge in [-0.25, -0.2) is 10.3 Å². The van der Waals surface area contributed by atoms with E-state index < -0.39 is 0 Å². The number of nitrogens with zero attached hydrogens (tertiary/aromatic N) is 2. The number of benzene rings is 6. The maximum absolute atomic E-state index is 13.8. The molecule has 1 aromatic heterocycles. The normalized spacial score (nSPS) is 14.0. The van der Waals surface area contributed by atoms with E-state index in [2.05, 4.69) is 144 Å². The van der Waals surface area contributed by atoms with Crippen LogP contribution in [0.15, 0.2) is 114 Å². The van der Waals surface area contributed by atoms with E-state index in [9.17, 15) is 5.11 Å². The minimum atomic E-state index is -0.291. The van der Waals surface area contributed by atoms with Gasteiger partial charge in [-0.05, 0) is 78.4 Å². The Labute approximate surface area is 280 Å². The van der Waals surface area contributed by atoms with Crippen molar-refractivity contribution in [1.29, 1.82) is 0 Å². The molecular formula is C43H36N2OS. The molecule has 7 aromatic rings. The average Bonchev–Trinajstić information content (AvgIpc) is 3.71. The molecule has 4 heteroatoms. The molecule has 0 spiro atoms. The minimum absolute atomic E-state index is 0.139. The monoisotopic (exact) mass is 628 g/mol. The molecule has 8 rings (SSSR count). The smallest absolute Gasteiger partial charge is 0.186 e. The predicted molar refractivity (Wildman–Crippen MR) is 199 cm³/mol. The quantitative estimate of drug-likeness (QED) is 0.174. The third-order valence-corrected chi connectivity index (χ3v) is 10.3. The van der Waals surface area contributed by atoms with E-state index in [1.165, 1.54) is 26.9 Å². The van der Waals surface area contributed by atoms with Gasteiger partial charge in [0.2, 0.25) is 0 Å². The van der Waals surface area contributed by atoms with Gasteiger partial charge in [0.1, 0.15) is 5.70 Å². The van der Waals surface area contributed by atoms with E-state index in [1.54, 1.807) is 11.3 Å². The number of rotatable bonds is 4. The second kappa shape index (κ2) is 10.5. The summed E-state index contributed by atoms with van der Waals surface area (Å²) in [6, 6.07) is 36.4. The van der Waals surface area contributed by atoms with E-state index in [0.29, 0.717) is 0 Å². The molecule has 0 unspecified atom stereocenters. The third kappa shape index (κ3) is 4.82. The molecule has 2 radical (unpaired) electrons. The summed E-state index contributed by atoms with van der Waals surface area (Å²) in [7, 11) is 0. The van der Waals surface area contributed by atoms with Gasteiger partial charge in [-0.2, -0.15) is 0 Å². The summed E-state index contributed by atoms with van der Waals surface area (Å²) < 4.78 is 0. The Balaban J connectivity index is 1.34. The molecule has 0 saturated heterocycles. The lowest BCUT2D eigenvalue weighted by Gasteiger charge is -2.27. The molecule has 0 amide bonds. The van der Waals surface area contributed by atoms with Crippen molar-refractivity contribution in [2.75, 3.05) is 0 Å². The van der Waals surface area contributed by atoms with Crippen LogP contribution in [0.3, 0.4) is 0 Å². The molecule has 0 atom stereocenters. The first-order chi connectivity index (χ1) is 22.5. The Bertz CT molecular complexity index is 2350. The molecule has 230 valence electrons. The molecule has 1 aliphatic rings. The minimum Gasteiger partial charge on any atom is -0.289 e. The molecule has 2 heterocycles. The number of hydrogen-bond donors (Lipinski definition) is 0. The van der Waals surface area contributed by atoms with Crippen molar-refractivity contribution in [3.05, 3.63) is 136 Å². The standard InChI is InChI=1S/C43H36N2OS/c1-42(2,3)33-23-29(24-34(39(33)46)43(4,5)6)30-21-22-47-40(30)38-37(28-11-8-7-9-12-28)44-41(45-38)32-20-18-27-16-15-25-13-10-14-26-17-19-31(32)36(27)35(25)26/h7-24H,1-6H3. The fraction of sp³-hybridized carbons (Fsp3) is 0.186. The highest BCUT2D eigenvalue weighted by Crippen LogP contribution is 2.46. The lowest BCUT2D eigenvalue weighted by molar-refractivity contribution is 0.327. The van der Waals surface area contributed by atoms with Crippen LogP contribution in [0, 0.1) is 0 Å². The van der Waals surface area contributed by atoms with Crippen molar-refractivity contribution in [1.82, 2.24) is 5.32 Å². The molecule has 3 nitrogen and oxygen atoms in total. The van der Waals surface area contributed by atoms with Crippen molar-refractivity contribution < 1.29 is 5.11 Å². The van der Waals surface area contributed by atoms with Crippen LogP contribution in [0.25, 0.3) is 54.8 Å². The summed E-state index contributed by atoms with van der Waals surface area (Å²) in [5, 5.41) is 28.6. The lowest BCUT2D eigenvalue weighted by atomic mass is 9.77. The summed E-state index contributed by atoms with van der Waals surface area (Å²) in [5.74, 6) is 0.858. The first-order valence-electron chi connectivity index (χ1n) is 16.2. The van der Waals surface area contributed by atoms with Crippen LogP contribution in [0.1, 0.15) is 68.7 Å². The lowest BCUT2D eigenvalue weighted by Crippen LogP contribution is -2.17. The van der Waals surface area contributed by atoms with E-state index in [1.807, 2.05) is 6.07 Å². The second-order valence-electron chi connectivity index (χ2n) is 14.6. The fourth-order valence-corrected chi connectivity index (χ4v) is 7.87. The molecule has 0 saturated carbocycles. The van der Waals surface area contributed by atoms with Crippen LogP contribution in [0.4, 0.5) is 0 Å². The van der Waals surface area contributed by atoms with E-state index >= 15 is 0 Å². The van der Waals surface area contributed by atoms with Crippen molar-refractivity contribution in [3.63, 3.8) is 0 Å². The average molecular weight is 629 g/mol. The van der Waals surface area contributed by atoms with Crippen molar-refractivity contribution in [2.24, 2.45) is 4.99 Å². The fourth-order valence-electron chi connectivity index (χ4n) is 6.97. The number of amidine groups is 1. The summed E-state index contributed by atoms with van der Waals surface area (Å²) in [6.07, 6.45) is 0.